The number of hydrogen-bond acceptors (Lipinski definition) is 7. The number of hydrogen-bond donors (Lipinski definition) is 2. The van der Waals surface area contributed by atoms with Gasteiger partial charge in [-0.1, -0.05) is 12.1 Å². The van der Waals surface area contributed by atoms with Gasteiger partial charge in [0.2, 0.25) is 0 Å². The first-order valence-corrected chi connectivity index (χ1v) is 8.46. The van der Waals surface area contributed by atoms with Crippen LogP contribution in [0.2, 0.25) is 0 Å². The summed E-state index contributed by atoms with van der Waals surface area (Å²) in [5.74, 6) is -0.954. The van der Waals surface area contributed by atoms with E-state index in [1.165, 1.54) is 6.07 Å². The van der Waals surface area contributed by atoms with Crippen LogP contribution in [0.25, 0.3) is 10.8 Å². The van der Waals surface area contributed by atoms with Gasteiger partial charge in [-0.15, -0.1) is 0 Å². The van der Waals surface area contributed by atoms with Crippen molar-refractivity contribution < 1.29 is 19.6 Å². The number of amides is 2. The molecule has 2 amide bonds. The number of anilines is 1. The second-order valence-electron chi connectivity index (χ2n) is 6.52. The van der Waals surface area contributed by atoms with Crippen LogP contribution in [0, 0.1) is 10.1 Å². The van der Waals surface area contributed by atoms with E-state index in [-0.39, 0.29) is 36.6 Å². The zero-order valence-corrected chi connectivity index (χ0v) is 15.1. The molecule has 3 rings (SSSR count). The van der Waals surface area contributed by atoms with Crippen LogP contribution in [0.5, 0.6) is 0 Å². The molecule has 1 aliphatic heterocycles. The second-order valence-corrected chi connectivity index (χ2v) is 6.52. The van der Waals surface area contributed by atoms with Gasteiger partial charge in [-0.05, 0) is 20.2 Å². The van der Waals surface area contributed by atoms with Crippen molar-refractivity contribution in [1.29, 1.82) is 0 Å². The van der Waals surface area contributed by atoms with Crippen molar-refractivity contribution in [3.05, 3.63) is 45.5 Å². The largest absolute Gasteiger partial charge is 0.395 e. The van der Waals surface area contributed by atoms with Crippen LogP contribution in [0.15, 0.2) is 24.3 Å². The van der Waals surface area contributed by atoms with Crippen LogP contribution in [0.4, 0.5) is 11.4 Å². The summed E-state index contributed by atoms with van der Waals surface area (Å²) in [5, 5.41) is 24.3. The molecule has 0 atom stereocenters. The van der Waals surface area contributed by atoms with Crippen molar-refractivity contribution in [2.24, 2.45) is 0 Å². The molecular weight excluding hydrogens is 352 g/mol. The molecule has 2 aromatic rings. The van der Waals surface area contributed by atoms with Crippen LogP contribution >= 0.6 is 0 Å². The Labute approximate surface area is 155 Å². The minimum Gasteiger partial charge on any atom is -0.395 e. The van der Waals surface area contributed by atoms with Crippen molar-refractivity contribution in [2.45, 2.75) is 0 Å². The molecule has 0 unspecified atom stereocenters. The van der Waals surface area contributed by atoms with Crippen LogP contribution in [-0.4, -0.2) is 72.0 Å². The Morgan fingerprint density at radius 1 is 1.22 bits per heavy atom. The van der Waals surface area contributed by atoms with E-state index in [4.69, 9.17) is 5.11 Å². The van der Waals surface area contributed by atoms with Gasteiger partial charge in [0.05, 0.1) is 17.1 Å². The minimum atomic E-state index is -0.573. The van der Waals surface area contributed by atoms with Gasteiger partial charge >= 0.3 is 0 Å². The van der Waals surface area contributed by atoms with Gasteiger partial charge in [-0.2, -0.15) is 0 Å². The highest BCUT2D eigenvalue weighted by molar-refractivity contribution is 6.27. The van der Waals surface area contributed by atoms with E-state index in [1.54, 1.807) is 18.2 Å². The molecule has 0 aliphatic carbocycles. The Kier molecular flexibility index (Phi) is 5.06. The van der Waals surface area contributed by atoms with E-state index in [0.29, 0.717) is 22.9 Å². The fraction of sp³-hybridized carbons (Fsp3) is 0.333. The Hall–Kier alpha value is -3.04. The van der Waals surface area contributed by atoms with E-state index in [9.17, 15) is 19.7 Å². The average Bonchev–Trinajstić information content (AvgIpc) is 2.63. The maximum Gasteiger partial charge on any atom is 0.293 e. The molecule has 9 heteroatoms. The van der Waals surface area contributed by atoms with E-state index in [2.05, 4.69) is 5.32 Å². The molecule has 1 aliphatic rings. The molecule has 1 heterocycles. The highest BCUT2D eigenvalue weighted by Gasteiger charge is 2.35. The van der Waals surface area contributed by atoms with Crippen LogP contribution in [0.1, 0.15) is 20.7 Å². The molecular formula is C18H20N4O5. The quantitative estimate of drug-likeness (QED) is 0.428. The molecule has 0 spiro atoms. The monoisotopic (exact) mass is 372 g/mol. The Morgan fingerprint density at radius 2 is 1.93 bits per heavy atom. The number of aliphatic hydroxyl groups excluding tert-OH is 1. The number of benzene rings is 2. The van der Waals surface area contributed by atoms with Crippen molar-refractivity contribution in [3.8, 4) is 0 Å². The molecule has 0 saturated heterocycles. The molecule has 2 N–H and O–H groups in total. The lowest BCUT2D eigenvalue weighted by Crippen LogP contribution is -2.43. The molecule has 0 aromatic heterocycles. The van der Waals surface area contributed by atoms with E-state index in [0.717, 1.165) is 4.90 Å². The van der Waals surface area contributed by atoms with E-state index < -0.39 is 16.7 Å². The zero-order chi connectivity index (χ0) is 19.7. The minimum absolute atomic E-state index is 0.108. The summed E-state index contributed by atoms with van der Waals surface area (Å²) in [7, 11) is 3.66. The fourth-order valence-corrected chi connectivity index (χ4v) is 3.21. The predicted octanol–water partition coefficient (Wildman–Crippen LogP) is 1.31. The Morgan fingerprint density at radius 3 is 2.56 bits per heavy atom. The summed E-state index contributed by atoms with van der Waals surface area (Å²) in [6, 6.07) is 6.09. The van der Waals surface area contributed by atoms with Crippen LogP contribution < -0.4 is 5.32 Å². The zero-order valence-electron chi connectivity index (χ0n) is 15.1. The Balaban J connectivity index is 2.23. The topological polar surface area (TPSA) is 116 Å². The molecule has 0 saturated carbocycles. The first-order valence-electron chi connectivity index (χ1n) is 8.46. The molecule has 142 valence electrons. The van der Waals surface area contributed by atoms with Gasteiger partial charge in [0.25, 0.3) is 17.5 Å². The van der Waals surface area contributed by atoms with Crippen LogP contribution in [-0.2, 0) is 0 Å². The number of imide groups is 1. The number of nitro benzene ring substituents is 1. The third-order valence-electron chi connectivity index (χ3n) is 4.47. The number of nitro groups is 1. The fourth-order valence-electron chi connectivity index (χ4n) is 3.21. The highest BCUT2D eigenvalue weighted by atomic mass is 16.6. The number of nitrogens with zero attached hydrogens (tertiary/aromatic N) is 3. The summed E-state index contributed by atoms with van der Waals surface area (Å²) in [6.07, 6.45) is 0. The molecule has 0 fully saturated rings. The second kappa shape index (κ2) is 7.29. The lowest BCUT2D eigenvalue weighted by Gasteiger charge is -2.28. The SMILES string of the molecule is CN(C)CCN1C(=O)c2cccc3c(NCCO)c([N+](=O)[O-])cc(c23)C1=O. The van der Waals surface area contributed by atoms with Gasteiger partial charge in [0.1, 0.15) is 5.69 Å². The number of likely N-dealkylation sites (N-methyl/N-ethyl adjacent to an activating group) is 1. The van der Waals surface area contributed by atoms with Gasteiger partial charge in [0, 0.05) is 42.0 Å². The molecule has 27 heavy (non-hydrogen) atoms. The number of rotatable bonds is 7. The summed E-state index contributed by atoms with van der Waals surface area (Å²) < 4.78 is 0. The highest BCUT2D eigenvalue weighted by Crippen LogP contribution is 2.40. The third kappa shape index (κ3) is 3.22. The van der Waals surface area contributed by atoms with E-state index >= 15 is 0 Å². The number of aliphatic hydroxyl groups is 1. The van der Waals surface area contributed by atoms with Crippen molar-refractivity contribution in [2.75, 3.05) is 45.7 Å². The lowest BCUT2D eigenvalue weighted by atomic mass is 9.92. The summed E-state index contributed by atoms with van der Waals surface area (Å²) >= 11 is 0. The van der Waals surface area contributed by atoms with Gasteiger partial charge in [0.15, 0.2) is 0 Å². The standard InChI is InChI=1S/C18H20N4O5/c1-20(2)7-8-21-17(24)12-5-3-4-11-15(12)13(18(21)25)10-14(22(26)27)16(11)19-6-9-23/h3-5,10,19,23H,6-9H2,1-2H3. The average molecular weight is 372 g/mol. The van der Waals surface area contributed by atoms with Crippen LogP contribution in [0.3, 0.4) is 0 Å². The summed E-state index contributed by atoms with van der Waals surface area (Å²) in [4.78, 5) is 39.8. The number of carbonyl (C=O) groups excluding carboxylic acids is 2. The van der Waals surface area contributed by atoms with Gasteiger partial charge in [-0.25, -0.2) is 0 Å². The molecule has 2 aromatic carbocycles. The predicted molar refractivity (Wildman–Crippen MR) is 100 cm³/mol. The maximum atomic E-state index is 12.9. The third-order valence-corrected chi connectivity index (χ3v) is 4.47. The normalized spacial score (nSPS) is 13.6. The first-order chi connectivity index (χ1) is 12.9. The smallest absolute Gasteiger partial charge is 0.293 e. The first kappa shape index (κ1) is 18.7. The Bertz CT molecular complexity index is 941. The van der Waals surface area contributed by atoms with E-state index in [1.807, 2.05) is 19.0 Å². The number of nitrogens with one attached hydrogen (secondary N) is 1. The van der Waals surface area contributed by atoms with Crippen molar-refractivity contribution >= 4 is 34.0 Å². The molecule has 0 bridgehead atoms. The van der Waals surface area contributed by atoms with Crippen molar-refractivity contribution in [1.82, 2.24) is 9.80 Å². The lowest BCUT2D eigenvalue weighted by molar-refractivity contribution is -0.383. The van der Waals surface area contributed by atoms with Gasteiger partial charge < -0.3 is 15.3 Å². The van der Waals surface area contributed by atoms with Gasteiger partial charge in [-0.3, -0.25) is 24.6 Å². The maximum absolute atomic E-state index is 12.9. The number of carbonyl (C=O) groups is 2. The summed E-state index contributed by atoms with van der Waals surface area (Å²) in [6.45, 7) is 0.576. The molecule has 9 nitrogen and oxygen atoms in total. The summed E-state index contributed by atoms with van der Waals surface area (Å²) in [5.41, 5.74) is 0.401. The molecule has 0 radical (unpaired) electrons. The van der Waals surface area contributed by atoms with Crippen molar-refractivity contribution in [3.63, 3.8) is 0 Å².